The number of rotatable bonds is 9. The van der Waals surface area contributed by atoms with Crippen molar-refractivity contribution >= 4 is 8.80 Å². The summed E-state index contributed by atoms with van der Waals surface area (Å²) in [5.74, 6) is 0. The van der Waals surface area contributed by atoms with E-state index in [-0.39, 0.29) is 6.10 Å². The van der Waals surface area contributed by atoms with Gasteiger partial charge in [-0.3, -0.25) is 0 Å². The van der Waals surface area contributed by atoms with Crippen LogP contribution in [0.5, 0.6) is 0 Å². The lowest BCUT2D eigenvalue weighted by molar-refractivity contribution is 0.0638. The van der Waals surface area contributed by atoms with Crippen molar-refractivity contribution in [1.82, 2.24) is 0 Å². The quantitative estimate of drug-likeness (QED) is 0.457. The van der Waals surface area contributed by atoms with Crippen LogP contribution in [0.1, 0.15) is 19.8 Å². The largest absolute Gasteiger partial charge is 0.500 e. The van der Waals surface area contributed by atoms with Crippen LogP contribution in [0.3, 0.4) is 0 Å². The van der Waals surface area contributed by atoms with Crippen molar-refractivity contribution in [2.24, 2.45) is 0 Å². The topological polar surface area (TPSA) is 60.7 Å². The third-order valence-electron chi connectivity index (χ3n) is 2.34. The van der Waals surface area contributed by atoms with Gasteiger partial charge in [-0.15, -0.1) is 0 Å². The summed E-state index contributed by atoms with van der Waals surface area (Å²) in [6.45, 7) is 2.48. The van der Waals surface area contributed by atoms with Crippen LogP contribution in [0, 0.1) is 11.3 Å². The monoisotopic (exact) mass is 247 g/mol. The summed E-state index contributed by atoms with van der Waals surface area (Å²) in [4.78, 5) is 0. The number of nitriles is 1. The Kier molecular flexibility index (Phi) is 8.43. The minimum atomic E-state index is -2.45. The molecule has 0 rings (SSSR count). The lowest BCUT2D eigenvalue weighted by Gasteiger charge is -2.24. The van der Waals surface area contributed by atoms with Gasteiger partial charge in [0.15, 0.2) is 0 Å². The fraction of sp³-hybridized carbons (Fsp3) is 0.900. The van der Waals surface area contributed by atoms with Gasteiger partial charge < -0.3 is 18.0 Å². The summed E-state index contributed by atoms with van der Waals surface area (Å²) in [6.07, 6.45) is 1.20. The van der Waals surface area contributed by atoms with E-state index in [2.05, 4.69) is 6.07 Å². The molecule has 0 aromatic heterocycles. The summed E-state index contributed by atoms with van der Waals surface area (Å²) in [5.41, 5.74) is 0. The molecule has 0 saturated heterocycles. The van der Waals surface area contributed by atoms with Crippen molar-refractivity contribution in [2.45, 2.75) is 31.9 Å². The molecule has 0 aliphatic rings. The second kappa shape index (κ2) is 8.67. The van der Waals surface area contributed by atoms with Gasteiger partial charge in [0.2, 0.25) is 0 Å². The van der Waals surface area contributed by atoms with Crippen LogP contribution in [0.15, 0.2) is 0 Å². The molecule has 0 spiro atoms. The van der Waals surface area contributed by atoms with E-state index in [1.54, 1.807) is 21.3 Å². The molecular weight excluding hydrogens is 226 g/mol. The first-order valence-electron chi connectivity index (χ1n) is 5.28. The zero-order valence-corrected chi connectivity index (χ0v) is 11.5. The standard InChI is InChI=1S/C10H21NO4Si/c1-10(6-7-11)15-8-5-9-16(12-2,13-3)14-4/h10H,5-6,8-9H2,1-4H3. The Morgan fingerprint density at radius 1 is 1.19 bits per heavy atom. The van der Waals surface area contributed by atoms with Crippen molar-refractivity contribution in [2.75, 3.05) is 27.9 Å². The second-order valence-corrected chi connectivity index (χ2v) is 6.53. The van der Waals surface area contributed by atoms with Crippen LogP contribution in [-0.2, 0) is 18.0 Å². The first-order valence-corrected chi connectivity index (χ1v) is 7.21. The molecule has 94 valence electrons. The maximum atomic E-state index is 8.45. The summed E-state index contributed by atoms with van der Waals surface area (Å²) in [7, 11) is 2.33. The third kappa shape index (κ3) is 5.58. The van der Waals surface area contributed by atoms with E-state index in [9.17, 15) is 0 Å². The highest BCUT2D eigenvalue weighted by Crippen LogP contribution is 2.15. The van der Waals surface area contributed by atoms with E-state index in [1.807, 2.05) is 6.92 Å². The molecule has 0 bridgehead atoms. The van der Waals surface area contributed by atoms with E-state index in [0.717, 1.165) is 12.5 Å². The molecule has 1 unspecified atom stereocenters. The number of nitrogens with zero attached hydrogens (tertiary/aromatic N) is 1. The molecule has 0 fully saturated rings. The average Bonchev–Trinajstić information content (AvgIpc) is 2.31. The molecule has 0 heterocycles. The molecule has 1 atom stereocenters. The molecule has 0 aromatic carbocycles. The Bertz CT molecular complexity index is 207. The highest BCUT2D eigenvalue weighted by Gasteiger charge is 2.36. The van der Waals surface area contributed by atoms with Gasteiger partial charge in [0.1, 0.15) is 0 Å². The van der Waals surface area contributed by atoms with E-state index >= 15 is 0 Å². The highest BCUT2D eigenvalue weighted by molar-refractivity contribution is 6.60. The number of ether oxygens (including phenoxy) is 1. The SMILES string of the molecule is CO[Si](CCCOC(C)CC#N)(OC)OC. The summed E-state index contributed by atoms with van der Waals surface area (Å²) < 4.78 is 21.3. The fourth-order valence-corrected chi connectivity index (χ4v) is 3.01. The Morgan fingerprint density at radius 2 is 1.75 bits per heavy atom. The minimum absolute atomic E-state index is 0.0197. The average molecular weight is 247 g/mol. The second-order valence-electron chi connectivity index (χ2n) is 3.44. The predicted molar refractivity (Wildman–Crippen MR) is 61.8 cm³/mol. The van der Waals surface area contributed by atoms with Crippen molar-refractivity contribution in [1.29, 1.82) is 5.26 Å². The van der Waals surface area contributed by atoms with Crippen LogP contribution < -0.4 is 0 Å². The Hall–Kier alpha value is -0.453. The number of hydrogen-bond acceptors (Lipinski definition) is 5. The van der Waals surface area contributed by atoms with Crippen LogP contribution >= 0.6 is 0 Å². The Labute approximate surface area is 98.6 Å². The Morgan fingerprint density at radius 3 is 2.19 bits per heavy atom. The molecule has 16 heavy (non-hydrogen) atoms. The van der Waals surface area contributed by atoms with E-state index in [4.69, 9.17) is 23.3 Å². The molecule has 5 nitrogen and oxygen atoms in total. The molecule has 0 aliphatic heterocycles. The number of hydrogen-bond donors (Lipinski definition) is 0. The summed E-state index contributed by atoms with van der Waals surface area (Å²) in [6, 6.07) is 2.79. The highest BCUT2D eigenvalue weighted by atomic mass is 28.4. The predicted octanol–water partition coefficient (Wildman–Crippen LogP) is 1.57. The molecule has 0 saturated carbocycles. The zero-order chi connectivity index (χ0) is 12.4. The van der Waals surface area contributed by atoms with Crippen molar-refractivity contribution in [3.05, 3.63) is 0 Å². The fourth-order valence-electron chi connectivity index (χ4n) is 1.32. The third-order valence-corrected chi connectivity index (χ3v) is 5.17. The van der Waals surface area contributed by atoms with Crippen LogP contribution in [0.25, 0.3) is 0 Å². The van der Waals surface area contributed by atoms with Crippen molar-refractivity contribution in [3.8, 4) is 6.07 Å². The minimum Gasteiger partial charge on any atom is -0.377 e. The molecular formula is C10H21NO4Si. The molecule has 0 aromatic rings. The van der Waals surface area contributed by atoms with E-state index in [0.29, 0.717) is 13.0 Å². The molecule has 0 N–H and O–H groups in total. The Balaban J connectivity index is 3.75. The maximum Gasteiger partial charge on any atom is 0.500 e. The van der Waals surface area contributed by atoms with Crippen LogP contribution in [-0.4, -0.2) is 42.8 Å². The van der Waals surface area contributed by atoms with Gasteiger partial charge in [-0.05, 0) is 13.3 Å². The normalized spacial score (nSPS) is 13.4. The molecule has 0 radical (unpaired) electrons. The van der Waals surface area contributed by atoms with Gasteiger partial charge in [-0.1, -0.05) is 0 Å². The van der Waals surface area contributed by atoms with Crippen molar-refractivity contribution in [3.63, 3.8) is 0 Å². The van der Waals surface area contributed by atoms with Crippen LogP contribution in [0.4, 0.5) is 0 Å². The zero-order valence-electron chi connectivity index (χ0n) is 10.5. The molecule has 0 aliphatic carbocycles. The van der Waals surface area contributed by atoms with Gasteiger partial charge in [0.25, 0.3) is 0 Å². The lowest BCUT2D eigenvalue weighted by atomic mass is 10.3. The first-order chi connectivity index (χ1) is 7.64. The van der Waals surface area contributed by atoms with E-state index < -0.39 is 8.80 Å². The van der Waals surface area contributed by atoms with Crippen molar-refractivity contribution < 1.29 is 18.0 Å². The van der Waals surface area contributed by atoms with Gasteiger partial charge >= 0.3 is 8.80 Å². The van der Waals surface area contributed by atoms with E-state index in [1.165, 1.54) is 0 Å². The van der Waals surface area contributed by atoms with Gasteiger partial charge in [-0.25, -0.2) is 0 Å². The summed E-state index contributed by atoms with van der Waals surface area (Å²) in [5, 5.41) is 8.45. The van der Waals surface area contributed by atoms with Crippen LogP contribution in [0.2, 0.25) is 6.04 Å². The maximum absolute atomic E-state index is 8.45. The van der Waals surface area contributed by atoms with Gasteiger partial charge in [0.05, 0.1) is 18.6 Å². The van der Waals surface area contributed by atoms with Gasteiger partial charge in [0, 0.05) is 34.0 Å². The summed E-state index contributed by atoms with van der Waals surface area (Å²) >= 11 is 0. The smallest absolute Gasteiger partial charge is 0.377 e. The first kappa shape index (κ1) is 15.5. The lowest BCUT2D eigenvalue weighted by Crippen LogP contribution is -2.42. The molecule has 0 amide bonds. The van der Waals surface area contributed by atoms with Gasteiger partial charge in [-0.2, -0.15) is 5.26 Å². The molecule has 6 heteroatoms.